The summed E-state index contributed by atoms with van der Waals surface area (Å²) in [7, 11) is 0. The van der Waals surface area contributed by atoms with Gasteiger partial charge in [0.1, 0.15) is 5.52 Å². The number of aryl methyl sites for hydroxylation is 1. The molecule has 1 N–H and O–H groups in total. The van der Waals surface area contributed by atoms with E-state index in [1.807, 2.05) is 25.1 Å². The third-order valence-electron chi connectivity index (χ3n) is 4.11. The zero-order valence-electron chi connectivity index (χ0n) is 14.3. The van der Waals surface area contributed by atoms with Gasteiger partial charge in [-0.15, -0.1) is 0 Å². The molecule has 0 atom stereocenters. The fraction of sp³-hybridized carbons (Fsp3) is 0.0476. The summed E-state index contributed by atoms with van der Waals surface area (Å²) in [5.41, 5.74) is 4.13. The van der Waals surface area contributed by atoms with E-state index >= 15 is 0 Å². The van der Waals surface area contributed by atoms with Crippen molar-refractivity contribution < 1.29 is 9.21 Å². The third-order valence-corrected chi connectivity index (χ3v) is 4.67. The van der Waals surface area contributed by atoms with Gasteiger partial charge in [0, 0.05) is 16.3 Å². The number of halogens is 2. The highest BCUT2D eigenvalue weighted by Gasteiger charge is 2.13. The average molecular weight is 397 g/mol. The van der Waals surface area contributed by atoms with E-state index in [0.717, 1.165) is 11.1 Å². The highest BCUT2D eigenvalue weighted by atomic mass is 35.5. The maximum absolute atomic E-state index is 12.5. The molecule has 0 saturated heterocycles. The zero-order valence-corrected chi connectivity index (χ0v) is 15.8. The molecule has 0 unspecified atom stereocenters. The van der Waals surface area contributed by atoms with E-state index in [1.54, 1.807) is 42.5 Å². The van der Waals surface area contributed by atoms with Crippen molar-refractivity contribution in [1.29, 1.82) is 0 Å². The summed E-state index contributed by atoms with van der Waals surface area (Å²) in [5, 5.41) is 3.91. The number of fused-ring (bicyclic) bond motifs is 1. The van der Waals surface area contributed by atoms with E-state index in [4.69, 9.17) is 27.6 Å². The summed E-state index contributed by atoms with van der Waals surface area (Å²) < 4.78 is 5.78. The second-order valence-electron chi connectivity index (χ2n) is 6.15. The summed E-state index contributed by atoms with van der Waals surface area (Å²) in [6.07, 6.45) is 0. The van der Waals surface area contributed by atoms with Crippen LogP contribution in [0.15, 0.2) is 65.1 Å². The van der Waals surface area contributed by atoms with Gasteiger partial charge >= 0.3 is 0 Å². The lowest BCUT2D eigenvalue weighted by atomic mass is 10.1. The highest BCUT2D eigenvalue weighted by molar-refractivity contribution is 6.34. The summed E-state index contributed by atoms with van der Waals surface area (Å²) >= 11 is 12.1. The molecule has 0 aliphatic heterocycles. The van der Waals surface area contributed by atoms with E-state index in [0.29, 0.717) is 38.3 Å². The minimum Gasteiger partial charge on any atom is -0.436 e. The van der Waals surface area contributed by atoms with Crippen molar-refractivity contribution in [3.05, 3.63) is 81.8 Å². The van der Waals surface area contributed by atoms with Gasteiger partial charge in [0.25, 0.3) is 5.91 Å². The Hall–Kier alpha value is -2.82. The van der Waals surface area contributed by atoms with Crippen molar-refractivity contribution in [2.24, 2.45) is 0 Å². The number of carbonyl (C=O) groups is 1. The smallest absolute Gasteiger partial charge is 0.257 e. The first-order valence-corrected chi connectivity index (χ1v) is 8.99. The Labute approximate surface area is 165 Å². The number of aromatic nitrogens is 1. The first-order chi connectivity index (χ1) is 13.0. The van der Waals surface area contributed by atoms with Crippen LogP contribution in [0.1, 0.15) is 15.9 Å². The SMILES string of the molecule is Cc1ccc(C(=O)Nc2ccc3oc(-c4ccc(Cl)cc4)nc3c2)c(Cl)c1. The lowest BCUT2D eigenvalue weighted by Crippen LogP contribution is -2.12. The van der Waals surface area contributed by atoms with Crippen LogP contribution in [0.25, 0.3) is 22.6 Å². The standard InChI is InChI=1S/C21H14Cl2N2O2/c1-12-2-8-16(17(23)10-12)20(26)24-15-7-9-19-18(11-15)25-21(27-19)13-3-5-14(22)6-4-13/h2-11H,1H3,(H,24,26). The molecule has 4 aromatic rings. The molecular weight excluding hydrogens is 383 g/mol. The van der Waals surface area contributed by atoms with Gasteiger partial charge in [-0.05, 0) is 67.1 Å². The van der Waals surface area contributed by atoms with Crippen molar-refractivity contribution in [1.82, 2.24) is 4.98 Å². The number of carbonyl (C=O) groups excluding carboxylic acids is 1. The molecule has 0 spiro atoms. The minimum absolute atomic E-state index is 0.277. The van der Waals surface area contributed by atoms with Crippen LogP contribution >= 0.6 is 23.2 Å². The fourth-order valence-corrected chi connectivity index (χ4v) is 3.17. The van der Waals surface area contributed by atoms with Gasteiger partial charge in [0.05, 0.1) is 10.6 Å². The van der Waals surface area contributed by atoms with E-state index in [1.165, 1.54) is 0 Å². The van der Waals surface area contributed by atoms with Gasteiger partial charge in [-0.3, -0.25) is 4.79 Å². The van der Waals surface area contributed by atoms with Gasteiger partial charge in [-0.2, -0.15) is 0 Å². The van der Waals surface area contributed by atoms with Crippen LogP contribution in [0, 0.1) is 6.92 Å². The number of hydrogen-bond acceptors (Lipinski definition) is 3. The van der Waals surface area contributed by atoms with Crippen LogP contribution in [0.5, 0.6) is 0 Å². The van der Waals surface area contributed by atoms with Crippen molar-refractivity contribution in [3.63, 3.8) is 0 Å². The maximum atomic E-state index is 12.5. The number of nitrogens with one attached hydrogen (secondary N) is 1. The average Bonchev–Trinajstić information content (AvgIpc) is 3.05. The first kappa shape index (κ1) is 17.6. The number of rotatable bonds is 3. The predicted molar refractivity (Wildman–Crippen MR) is 109 cm³/mol. The quantitative estimate of drug-likeness (QED) is 0.438. The molecular formula is C21H14Cl2N2O2. The molecule has 0 saturated carbocycles. The van der Waals surface area contributed by atoms with Crippen molar-refractivity contribution >= 4 is 45.9 Å². The van der Waals surface area contributed by atoms with Crippen LogP contribution in [-0.2, 0) is 0 Å². The number of nitrogens with zero attached hydrogens (tertiary/aromatic N) is 1. The molecule has 0 aliphatic rings. The highest BCUT2D eigenvalue weighted by Crippen LogP contribution is 2.27. The van der Waals surface area contributed by atoms with Crippen molar-refractivity contribution in [2.45, 2.75) is 6.92 Å². The number of hydrogen-bond donors (Lipinski definition) is 1. The van der Waals surface area contributed by atoms with Crippen LogP contribution in [-0.4, -0.2) is 10.9 Å². The zero-order chi connectivity index (χ0) is 19.0. The minimum atomic E-state index is -0.277. The van der Waals surface area contributed by atoms with Gasteiger partial charge in [0.2, 0.25) is 5.89 Å². The molecule has 1 amide bonds. The summed E-state index contributed by atoms with van der Waals surface area (Å²) in [4.78, 5) is 17.0. The first-order valence-electron chi connectivity index (χ1n) is 8.23. The molecule has 0 bridgehead atoms. The number of anilines is 1. The number of benzene rings is 3. The largest absolute Gasteiger partial charge is 0.436 e. The lowest BCUT2D eigenvalue weighted by molar-refractivity contribution is 0.102. The van der Waals surface area contributed by atoms with Crippen LogP contribution in [0.2, 0.25) is 10.0 Å². The van der Waals surface area contributed by atoms with E-state index in [9.17, 15) is 4.79 Å². The molecule has 134 valence electrons. The summed E-state index contributed by atoms with van der Waals surface area (Å²) in [5.74, 6) is 0.215. The van der Waals surface area contributed by atoms with Gasteiger partial charge in [0.15, 0.2) is 5.58 Å². The monoisotopic (exact) mass is 396 g/mol. The Kier molecular flexibility index (Phi) is 4.60. The van der Waals surface area contributed by atoms with E-state index in [2.05, 4.69) is 10.3 Å². The lowest BCUT2D eigenvalue weighted by Gasteiger charge is -2.07. The molecule has 0 fully saturated rings. The van der Waals surface area contributed by atoms with E-state index in [-0.39, 0.29) is 5.91 Å². The molecule has 3 aromatic carbocycles. The molecule has 6 heteroatoms. The van der Waals surface area contributed by atoms with Gasteiger partial charge in [-0.1, -0.05) is 29.3 Å². The van der Waals surface area contributed by atoms with Crippen LogP contribution in [0.4, 0.5) is 5.69 Å². The van der Waals surface area contributed by atoms with Crippen LogP contribution in [0.3, 0.4) is 0 Å². The van der Waals surface area contributed by atoms with Gasteiger partial charge in [-0.25, -0.2) is 4.98 Å². The van der Waals surface area contributed by atoms with Crippen LogP contribution < -0.4 is 5.32 Å². The summed E-state index contributed by atoms with van der Waals surface area (Å²) in [6, 6.07) is 17.9. The second kappa shape index (κ2) is 7.06. The van der Waals surface area contributed by atoms with Crippen molar-refractivity contribution in [2.75, 3.05) is 5.32 Å². The molecule has 4 nitrogen and oxygen atoms in total. The topological polar surface area (TPSA) is 55.1 Å². The summed E-state index contributed by atoms with van der Waals surface area (Å²) in [6.45, 7) is 1.92. The molecule has 27 heavy (non-hydrogen) atoms. The van der Waals surface area contributed by atoms with Crippen molar-refractivity contribution in [3.8, 4) is 11.5 Å². The Morgan fingerprint density at radius 2 is 1.78 bits per heavy atom. The normalized spacial score (nSPS) is 10.9. The van der Waals surface area contributed by atoms with Gasteiger partial charge < -0.3 is 9.73 Å². The molecule has 0 aliphatic carbocycles. The maximum Gasteiger partial charge on any atom is 0.257 e. The Morgan fingerprint density at radius 1 is 1.00 bits per heavy atom. The Bertz CT molecular complexity index is 1150. The molecule has 4 rings (SSSR count). The molecule has 1 aromatic heterocycles. The number of amides is 1. The Morgan fingerprint density at radius 3 is 2.52 bits per heavy atom. The van der Waals surface area contributed by atoms with E-state index < -0.39 is 0 Å². The second-order valence-corrected chi connectivity index (χ2v) is 6.99. The third kappa shape index (κ3) is 3.68. The molecule has 1 heterocycles. The number of oxazole rings is 1. The fourth-order valence-electron chi connectivity index (χ4n) is 2.72. The Balaban J connectivity index is 1.61. The predicted octanol–water partition coefficient (Wildman–Crippen LogP) is 6.36. The molecule has 0 radical (unpaired) electrons.